The predicted molar refractivity (Wildman–Crippen MR) is 62.5 cm³/mol. The van der Waals surface area contributed by atoms with Crippen LogP contribution in [0.2, 0.25) is 0 Å². The van der Waals surface area contributed by atoms with Crippen LogP contribution in [0, 0.1) is 3.57 Å². The zero-order chi connectivity index (χ0) is 10.8. The molecule has 6 heteroatoms. The van der Waals surface area contributed by atoms with Crippen molar-refractivity contribution in [2.45, 2.75) is 0 Å². The zero-order valence-electron chi connectivity index (χ0n) is 7.44. The molecule has 0 aliphatic rings. The zero-order valence-corrected chi connectivity index (χ0v) is 9.59. The quantitative estimate of drug-likeness (QED) is 0.774. The van der Waals surface area contributed by atoms with Crippen LogP contribution in [0.3, 0.4) is 0 Å². The highest BCUT2D eigenvalue weighted by atomic mass is 127. The number of hydrogen-bond donors (Lipinski definition) is 2. The lowest BCUT2D eigenvalue weighted by Gasteiger charge is -2.01. The number of pyridine rings is 1. The van der Waals surface area contributed by atoms with Crippen LogP contribution in [-0.4, -0.2) is 20.1 Å². The fourth-order valence-electron chi connectivity index (χ4n) is 1.09. The van der Waals surface area contributed by atoms with Crippen LogP contribution in [0.15, 0.2) is 29.3 Å². The SMILES string of the molecule is O=c1[nH]c(-c2ccncc2)nc(O)c1I. The third-order valence-electron chi connectivity index (χ3n) is 1.80. The minimum Gasteiger partial charge on any atom is -0.492 e. The molecule has 0 aliphatic carbocycles. The Balaban J connectivity index is 2.61. The van der Waals surface area contributed by atoms with Gasteiger partial charge in [0.25, 0.3) is 5.56 Å². The van der Waals surface area contributed by atoms with Crippen LogP contribution in [0.5, 0.6) is 5.88 Å². The van der Waals surface area contributed by atoms with Crippen molar-refractivity contribution in [2.75, 3.05) is 0 Å². The van der Waals surface area contributed by atoms with Gasteiger partial charge in [0.15, 0.2) is 0 Å². The molecule has 0 radical (unpaired) electrons. The van der Waals surface area contributed by atoms with Crippen LogP contribution in [0.1, 0.15) is 0 Å². The van der Waals surface area contributed by atoms with Gasteiger partial charge in [-0.3, -0.25) is 9.78 Å². The van der Waals surface area contributed by atoms with Crippen molar-refractivity contribution in [1.29, 1.82) is 0 Å². The van der Waals surface area contributed by atoms with Gasteiger partial charge in [-0.2, -0.15) is 4.98 Å². The highest BCUT2D eigenvalue weighted by Gasteiger charge is 2.08. The average Bonchev–Trinajstić information content (AvgIpc) is 2.26. The molecule has 0 aromatic carbocycles. The fraction of sp³-hybridized carbons (Fsp3) is 0. The Labute approximate surface area is 98.4 Å². The number of halogens is 1. The molecule has 2 heterocycles. The fourth-order valence-corrected chi connectivity index (χ4v) is 1.35. The van der Waals surface area contributed by atoms with Gasteiger partial charge in [-0.25, -0.2) is 0 Å². The first kappa shape index (κ1) is 10.1. The van der Waals surface area contributed by atoms with Crippen molar-refractivity contribution < 1.29 is 5.11 Å². The van der Waals surface area contributed by atoms with E-state index in [2.05, 4.69) is 15.0 Å². The third kappa shape index (κ3) is 1.99. The lowest BCUT2D eigenvalue weighted by atomic mass is 10.2. The van der Waals surface area contributed by atoms with E-state index in [1.54, 1.807) is 47.1 Å². The Morgan fingerprint density at radius 2 is 2.00 bits per heavy atom. The number of nitrogens with zero attached hydrogens (tertiary/aromatic N) is 2. The van der Waals surface area contributed by atoms with E-state index < -0.39 is 0 Å². The van der Waals surface area contributed by atoms with E-state index in [9.17, 15) is 9.90 Å². The first-order valence-electron chi connectivity index (χ1n) is 4.07. The van der Waals surface area contributed by atoms with E-state index in [4.69, 9.17) is 0 Å². The van der Waals surface area contributed by atoms with Crippen molar-refractivity contribution in [3.05, 3.63) is 38.5 Å². The lowest BCUT2D eigenvalue weighted by molar-refractivity contribution is 0.447. The highest BCUT2D eigenvalue weighted by Crippen LogP contribution is 2.17. The van der Waals surface area contributed by atoms with E-state index in [1.165, 1.54) is 0 Å². The number of nitrogens with one attached hydrogen (secondary N) is 1. The smallest absolute Gasteiger partial charge is 0.268 e. The lowest BCUT2D eigenvalue weighted by Crippen LogP contribution is -2.12. The topological polar surface area (TPSA) is 78.9 Å². The van der Waals surface area contributed by atoms with Gasteiger partial charge in [0.1, 0.15) is 9.39 Å². The van der Waals surface area contributed by atoms with Crippen molar-refractivity contribution in [3.8, 4) is 17.3 Å². The highest BCUT2D eigenvalue weighted by molar-refractivity contribution is 14.1. The van der Waals surface area contributed by atoms with Gasteiger partial charge in [-0.1, -0.05) is 0 Å². The molecule has 15 heavy (non-hydrogen) atoms. The molecule has 0 atom stereocenters. The van der Waals surface area contributed by atoms with Crippen LogP contribution >= 0.6 is 22.6 Å². The molecule has 5 nitrogen and oxygen atoms in total. The average molecular weight is 315 g/mol. The van der Waals surface area contributed by atoms with E-state index in [0.29, 0.717) is 11.4 Å². The van der Waals surface area contributed by atoms with E-state index in [1.807, 2.05) is 0 Å². The second-order valence-corrected chi connectivity index (χ2v) is 3.87. The monoisotopic (exact) mass is 315 g/mol. The molecular formula is C9H6IN3O2. The molecule has 0 unspecified atom stereocenters. The summed E-state index contributed by atoms with van der Waals surface area (Å²) >= 11 is 1.74. The number of hydrogen-bond acceptors (Lipinski definition) is 4. The molecule has 0 saturated carbocycles. The number of aromatic amines is 1. The summed E-state index contributed by atoms with van der Waals surface area (Å²) in [7, 11) is 0. The van der Waals surface area contributed by atoms with Crippen LogP contribution in [-0.2, 0) is 0 Å². The molecular weight excluding hydrogens is 309 g/mol. The van der Waals surface area contributed by atoms with Gasteiger partial charge >= 0.3 is 0 Å². The van der Waals surface area contributed by atoms with Crippen molar-refractivity contribution in [1.82, 2.24) is 15.0 Å². The van der Waals surface area contributed by atoms with Crippen molar-refractivity contribution in [2.24, 2.45) is 0 Å². The molecule has 76 valence electrons. The first-order valence-corrected chi connectivity index (χ1v) is 5.15. The van der Waals surface area contributed by atoms with Crippen LogP contribution < -0.4 is 5.56 Å². The van der Waals surface area contributed by atoms with Crippen molar-refractivity contribution >= 4 is 22.6 Å². The Bertz CT molecular complexity index is 539. The summed E-state index contributed by atoms with van der Waals surface area (Å²) < 4.78 is 0.186. The summed E-state index contributed by atoms with van der Waals surface area (Å²) in [6.45, 7) is 0. The summed E-state index contributed by atoms with van der Waals surface area (Å²) in [4.78, 5) is 21.6. The third-order valence-corrected chi connectivity index (χ3v) is 2.77. The van der Waals surface area contributed by atoms with Gasteiger partial charge in [-0.05, 0) is 34.7 Å². The summed E-state index contributed by atoms with van der Waals surface area (Å²) in [6, 6.07) is 3.40. The Morgan fingerprint density at radius 1 is 1.33 bits per heavy atom. The predicted octanol–water partition coefficient (Wildman–Crippen LogP) is 1.14. The van der Waals surface area contributed by atoms with Crippen molar-refractivity contribution in [3.63, 3.8) is 0 Å². The normalized spacial score (nSPS) is 10.2. The second kappa shape index (κ2) is 3.97. The molecule has 2 aromatic heterocycles. The van der Waals surface area contributed by atoms with E-state index in [0.717, 1.165) is 0 Å². The molecule has 0 saturated heterocycles. The van der Waals surface area contributed by atoms with E-state index in [-0.39, 0.29) is 15.0 Å². The first-order chi connectivity index (χ1) is 7.18. The number of aromatic nitrogens is 3. The minimum absolute atomic E-state index is 0.186. The molecule has 0 bridgehead atoms. The molecule has 0 amide bonds. The maximum atomic E-state index is 11.4. The van der Waals surface area contributed by atoms with E-state index >= 15 is 0 Å². The molecule has 2 N–H and O–H groups in total. The molecule has 0 aliphatic heterocycles. The number of rotatable bonds is 1. The number of aromatic hydroxyl groups is 1. The number of H-pyrrole nitrogens is 1. The Morgan fingerprint density at radius 3 is 2.60 bits per heavy atom. The maximum absolute atomic E-state index is 11.4. The maximum Gasteiger partial charge on any atom is 0.268 e. The standard InChI is InChI=1S/C9H6IN3O2/c10-6-8(14)12-7(13-9(6)15)5-1-3-11-4-2-5/h1-4H,(H2,12,13,14,15). The van der Waals surface area contributed by atoms with Gasteiger partial charge in [0.2, 0.25) is 5.88 Å². The van der Waals surface area contributed by atoms with Gasteiger partial charge in [0.05, 0.1) is 0 Å². The second-order valence-electron chi connectivity index (χ2n) is 2.79. The minimum atomic E-state index is -0.352. The molecule has 2 rings (SSSR count). The van der Waals surface area contributed by atoms with Gasteiger partial charge in [0, 0.05) is 18.0 Å². The molecule has 0 fully saturated rings. The molecule has 2 aromatic rings. The Kier molecular flexibility index (Phi) is 2.67. The molecule has 0 spiro atoms. The van der Waals surface area contributed by atoms with Crippen LogP contribution in [0.4, 0.5) is 0 Å². The summed E-state index contributed by atoms with van der Waals surface area (Å²) in [5.41, 5.74) is 0.351. The van der Waals surface area contributed by atoms with Gasteiger partial charge < -0.3 is 10.1 Å². The summed E-state index contributed by atoms with van der Waals surface area (Å²) in [5, 5.41) is 9.39. The van der Waals surface area contributed by atoms with Gasteiger partial charge in [-0.15, -0.1) is 0 Å². The summed E-state index contributed by atoms with van der Waals surface area (Å²) in [6.07, 6.45) is 3.18. The Hall–Kier alpha value is -1.44. The summed E-state index contributed by atoms with van der Waals surface area (Å²) in [5.74, 6) is 0.0754. The van der Waals surface area contributed by atoms with Crippen LogP contribution in [0.25, 0.3) is 11.4 Å². The largest absolute Gasteiger partial charge is 0.492 e.